The minimum absolute atomic E-state index is 0.137. The third-order valence-electron chi connectivity index (χ3n) is 2.58. The van der Waals surface area contributed by atoms with Crippen molar-refractivity contribution >= 4 is 28.6 Å². The molecule has 0 saturated carbocycles. The Morgan fingerprint density at radius 1 is 1.33 bits per heavy atom. The average Bonchev–Trinajstić information content (AvgIpc) is 2.97. The van der Waals surface area contributed by atoms with Crippen LogP contribution in [0.5, 0.6) is 0 Å². The van der Waals surface area contributed by atoms with Crippen molar-refractivity contribution < 1.29 is 9.90 Å². The summed E-state index contributed by atoms with van der Waals surface area (Å²) in [6.07, 6.45) is 0.542. The number of carbonyl (C=O) groups is 1. The van der Waals surface area contributed by atoms with E-state index in [2.05, 4.69) is 5.32 Å². The molecule has 1 amide bonds. The molecule has 1 unspecified atom stereocenters. The third kappa shape index (κ3) is 3.66. The first-order valence-electron chi connectivity index (χ1n) is 5.61. The van der Waals surface area contributed by atoms with Gasteiger partial charge in [0.25, 0.3) is 5.91 Å². The number of amides is 1. The molecule has 0 fully saturated rings. The lowest BCUT2D eigenvalue weighted by atomic mass is 9.98. The summed E-state index contributed by atoms with van der Waals surface area (Å²) in [7, 11) is 0. The minimum atomic E-state index is -0.924. The van der Waals surface area contributed by atoms with E-state index >= 15 is 0 Å². The molecule has 2 heterocycles. The van der Waals surface area contributed by atoms with Gasteiger partial charge >= 0.3 is 0 Å². The van der Waals surface area contributed by atoms with Crippen LogP contribution in [0.15, 0.2) is 33.7 Å². The van der Waals surface area contributed by atoms with E-state index in [1.54, 1.807) is 29.7 Å². The summed E-state index contributed by atoms with van der Waals surface area (Å²) in [6.45, 7) is 1.98. The standard InChI is InChI=1S/C13H15NO2S2/c1-13(16,6-10-2-4-17-7-10)9-14-12(15)11-3-5-18-8-11/h2-5,7-8,16H,6,9H2,1H3,(H,14,15). The zero-order valence-electron chi connectivity index (χ0n) is 10.1. The van der Waals surface area contributed by atoms with Gasteiger partial charge < -0.3 is 10.4 Å². The fourth-order valence-electron chi connectivity index (χ4n) is 1.66. The molecule has 0 aliphatic rings. The van der Waals surface area contributed by atoms with Crippen molar-refractivity contribution in [3.63, 3.8) is 0 Å². The first kappa shape index (κ1) is 13.3. The third-order valence-corrected chi connectivity index (χ3v) is 3.99. The maximum Gasteiger partial charge on any atom is 0.252 e. The predicted molar refractivity (Wildman–Crippen MR) is 75.3 cm³/mol. The SMILES string of the molecule is CC(O)(CNC(=O)c1ccsc1)Cc1ccsc1. The lowest BCUT2D eigenvalue weighted by Gasteiger charge is -2.23. The van der Waals surface area contributed by atoms with E-state index in [0.717, 1.165) is 5.56 Å². The quantitative estimate of drug-likeness (QED) is 0.885. The molecule has 2 aromatic heterocycles. The highest BCUT2D eigenvalue weighted by Crippen LogP contribution is 2.15. The van der Waals surface area contributed by atoms with Gasteiger partial charge in [0.1, 0.15) is 0 Å². The summed E-state index contributed by atoms with van der Waals surface area (Å²) in [5.74, 6) is -0.137. The molecule has 0 saturated heterocycles. The summed E-state index contributed by atoms with van der Waals surface area (Å²) < 4.78 is 0. The highest BCUT2D eigenvalue weighted by molar-refractivity contribution is 7.08. The summed E-state index contributed by atoms with van der Waals surface area (Å²) >= 11 is 3.09. The fourth-order valence-corrected chi connectivity index (χ4v) is 2.97. The summed E-state index contributed by atoms with van der Waals surface area (Å²) in [5, 5.41) is 20.6. The lowest BCUT2D eigenvalue weighted by Crippen LogP contribution is -2.42. The Bertz CT molecular complexity index is 489. The van der Waals surface area contributed by atoms with Crippen molar-refractivity contribution in [2.24, 2.45) is 0 Å². The Morgan fingerprint density at radius 3 is 2.67 bits per heavy atom. The van der Waals surface area contributed by atoms with Crippen LogP contribution in [0.3, 0.4) is 0 Å². The van der Waals surface area contributed by atoms with Crippen LogP contribution in [0.2, 0.25) is 0 Å². The van der Waals surface area contributed by atoms with E-state index in [4.69, 9.17) is 0 Å². The second kappa shape index (κ2) is 5.65. The molecule has 3 nitrogen and oxygen atoms in total. The van der Waals surface area contributed by atoms with E-state index in [0.29, 0.717) is 12.0 Å². The first-order chi connectivity index (χ1) is 8.57. The van der Waals surface area contributed by atoms with E-state index in [1.807, 2.05) is 22.2 Å². The van der Waals surface area contributed by atoms with Crippen LogP contribution in [-0.2, 0) is 6.42 Å². The van der Waals surface area contributed by atoms with Gasteiger partial charge in [-0.1, -0.05) is 0 Å². The van der Waals surface area contributed by atoms with Crippen LogP contribution in [0.4, 0.5) is 0 Å². The highest BCUT2D eigenvalue weighted by atomic mass is 32.1. The van der Waals surface area contributed by atoms with Crippen LogP contribution >= 0.6 is 22.7 Å². The number of nitrogens with one attached hydrogen (secondary N) is 1. The summed E-state index contributed by atoms with van der Waals surface area (Å²) in [6, 6.07) is 3.76. The van der Waals surface area contributed by atoms with E-state index < -0.39 is 5.60 Å². The Kier molecular flexibility index (Phi) is 4.16. The van der Waals surface area contributed by atoms with Crippen LogP contribution in [0.1, 0.15) is 22.8 Å². The molecular formula is C13H15NO2S2. The Hall–Kier alpha value is -1.17. The molecule has 18 heavy (non-hydrogen) atoms. The zero-order valence-corrected chi connectivity index (χ0v) is 11.7. The van der Waals surface area contributed by atoms with Crippen molar-refractivity contribution in [2.45, 2.75) is 18.9 Å². The fraction of sp³-hybridized carbons (Fsp3) is 0.308. The van der Waals surface area contributed by atoms with Gasteiger partial charge in [0.15, 0.2) is 0 Å². The molecule has 96 valence electrons. The van der Waals surface area contributed by atoms with Gasteiger partial charge in [-0.3, -0.25) is 4.79 Å². The monoisotopic (exact) mass is 281 g/mol. The highest BCUT2D eigenvalue weighted by Gasteiger charge is 2.22. The van der Waals surface area contributed by atoms with E-state index in [1.165, 1.54) is 11.3 Å². The van der Waals surface area contributed by atoms with Crippen LogP contribution in [-0.4, -0.2) is 23.2 Å². The maximum atomic E-state index is 11.7. The number of hydrogen-bond acceptors (Lipinski definition) is 4. The van der Waals surface area contributed by atoms with Crippen molar-refractivity contribution in [1.82, 2.24) is 5.32 Å². The minimum Gasteiger partial charge on any atom is -0.388 e. The molecule has 5 heteroatoms. The number of aliphatic hydroxyl groups is 1. The van der Waals surface area contributed by atoms with Gasteiger partial charge in [-0.25, -0.2) is 0 Å². The second-order valence-electron chi connectivity index (χ2n) is 4.50. The Labute approximate surface area is 114 Å². The van der Waals surface area contributed by atoms with Gasteiger partial charge in [-0.05, 0) is 40.8 Å². The predicted octanol–water partition coefficient (Wildman–Crippen LogP) is 2.53. The summed E-state index contributed by atoms with van der Waals surface area (Å²) in [4.78, 5) is 11.7. The first-order valence-corrected chi connectivity index (χ1v) is 7.49. The van der Waals surface area contributed by atoms with Crippen molar-refractivity contribution in [3.8, 4) is 0 Å². The molecule has 0 bridgehead atoms. The van der Waals surface area contributed by atoms with Gasteiger partial charge in [-0.2, -0.15) is 22.7 Å². The Balaban J connectivity index is 1.87. The topological polar surface area (TPSA) is 49.3 Å². The van der Waals surface area contributed by atoms with Gasteiger partial charge in [0.05, 0.1) is 5.60 Å². The van der Waals surface area contributed by atoms with Gasteiger partial charge in [0.2, 0.25) is 0 Å². The summed E-state index contributed by atoms with van der Waals surface area (Å²) in [5.41, 5.74) is 0.813. The largest absolute Gasteiger partial charge is 0.388 e. The molecule has 0 aromatic carbocycles. The smallest absolute Gasteiger partial charge is 0.252 e. The van der Waals surface area contributed by atoms with Crippen LogP contribution in [0, 0.1) is 0 Å². The van der Waals surface area contributed by atoms with E-state index in [9.17, 15) is 9.90 Å². The molecular weight excluding hydrogens is 266 g/mol. The molecule has 0 aliphatic heterocycles. The van der Waals surface area contributed by atoms with Gasteiger partial charge in [-0.15, -0.1) is 0 Å². The maximum absolute atomic E-state index is 11.7. The number of carbonyl (C=O) groups excluding carboxylic acids is 1. The van der Waals surface area contributed by atoms with E-state index in [-0.39, 0.29) is 12.5 Å². The lowest BCUT2D eigenvalue weighted by molar-refractivity contribution is 0.0553. The van der Waals surface area contributed by atoms with Gasteiger partial charge in [0, 0.05) is 23.9 Å². The van der Waals surface area contributed by atoms with Crippen LogP contribution < -0.4 is 5.32 Å². The molecule has 2 N–H and O–H groups in total. The Morgan fingerprint density at radius 2 is 2.06 bits per heavy atom. The van der Waals surface area contributed by atoms with Crippen molar-refractivity contribution in [2.75, 3.05) is 6.54 Å². The van der Waals surface area contributed by atoms with Crippen molar-refractivity contribution in [3.05, 3.63) is 44.8 Å². The molecule has 2 aromatic rings. The number of thiophene rings is 2. The van der Waals surface area contributed by atoms with Crippen LogP contribution in [0.25, 0.3) is 0 Å². The number of rotatable bonds is 5. The molecule has 1 atom stereocenters. The molecule has 2 rings (SSSR count). The normalized spacial score (nSPS) is 14.1. The number of hydrogen-bond donors (Lipinski definition) is 2. The second-order valence-corrected chi connectivity index (χ2v) is 6.06. The zero-order chi connectivity index (χ0) is 13.0. The molecule has 0 aliphatic carbocycles. The molecule has 0 radical (unpaired) electrons. The average molecular weight is 281 g/mol. The van der Waals surface area contributed by atoms with Crippen molar-refractivity contribution in [1.29, 1.82) is 0 Å². The molecule has 0 spiro atoms.